The maximum atomic E-state index is 13.7. The van der Waals surface area contributed by atoms with E-state index < -0.39 is 29.0 Å². The van der Waals surface area contributed by atoms with Crippen LogP contribution >= 0.6 is 0 Å². The van der Waals surface area contributed by atoms with Gasteiger partial charge < -0.3 is 14.4 Å². The van der Waals surface area contributed by atoms with Crippen molar-refractivity contribution in [3.8, 4) is 5.88 Å². The number of carbonyl (C=O) groups is 1. The maximum Gasteiger partial charge on any atom is 0.417 e. The Morgan fingerprint density at radius 1 is 1.27 bits per heavy atom. The summed E-state index contributed by atoms with van der Waals surface area (Å²) in [4.78, 5) is 17.0. The maximum absolute atomic E-state index is 13.7. The minimum Gasteiger partial charge on any atom is -0.475 e. The average Bonchev–Trinajstić information content (AvgIpc) is 2.94. The molecular formula is C17H20F4N2O3. The van der Waals surface area contributed by atoms with Crippen molar-refractivity contribution in [1.82, 2.24) is 9.88 Å². The number of rotatable bonds is 3. The molecule has 0 bridgehead atoms. The SMILES string of the molecule is CC(C)(C)OC(=O)N1C[C@@H]2[C@H](COc3ncc(C(F)(F)F)cc3F)[C@@H]2C1. The zero-order chi connectivity index (χ0) is 19.3. The molecule has 1 saturated carbocycles. The van der Waals surface area contributed by atoms with Crippen LogP contribution in [-0.2, 0) is 10.9 Å². The van der Waals surface area contributed by atoms with Crippen LogP contribution in [0.25, 0.3) is 0 Å². The van der Waals surface area contributed by atoms with E-state index in [1.807, 2.05) is 0 Å². The fourth-order valence-corrected chi connectivity index (χ4v) is 3.23. The van der Waals surface area contributed by atoms with Crippen LogP contribution in [0.5, 0.6) is 5.88 Å². The number of carbonyl (C=O) groups excluding carboxylic acids is 1. The van der Waals surface area contributed by atoms with Gasteiger partial charge in [-0.2, -0.15) is 13.2 Å². The molecular weight excluding hydrogens is 356 g/mol. The highest BCUT2D eigenvalue weighted by atomic mass is 19.4. The lowest BCUT2D eigenvalue weighted by Crippen LogP contribution is -2.37. The number of piperidine rings is 1. The van der Waals surface area contributed by atoms with E-state index in [0.717, 1.165) is 0 Å². The molecule has 1 aromatic rings. The minimum atomic E-state index is -4.65. The second-order valence-corrected chi connectivity index (χ2v) is 7.70. The molecule has 9 heteroatoms. The van der Waals surface area contributed by atoms with Crippen LogP contribution in [0.4, 0.5) is 22.4 Å². The first-order chi connectivity index (χ1) is 12.0. The Kier molecular flexibility index (Phi) is 4.52. The van der Waals surface area contributed by atoms with Crippen molar-refractivity contribution in [2.45, 2.75) is 32.5 Å². The van der Waals surface area contributed by atoms with Gasteiger partial charge in [0.2, 0.25) is 5.88 Å². The number of nitrogens with zero attached hydrogens (tertiary/aromatic N) is 2. The van der Waals surface area contributed by atoms with Gasteiger partial charge in [0.15, 0.2) is 5.82 Å². The van der Waals surface area contributed by atoms with Crippen molar-refractivity contribution < 1.29 is 31.8 Å². The largest absolute Gasteiger partial charge is 0.475 e. The van der Waals surface area contributed by atoms with Crippen LogP contribution < -0.4 is 4.74 Å². The van der Waals surface area contributed by atoms with E-state index >= 15 is 0 Å². The second-order valence-electron chi connectivity index (χ2n) is 7.70. The Labute approximate surface area is 148 Å². The van der Waals surface area contributed by atoms with Gasteiger partial charge in [-0.15, -0.1) is 0 Å². The molecule has 2 aliphatic rings. The molecule has 1 amide bonds. The van der Waals surface area contributed by atoms with Crippen LogP contribution in [0.1, 0.15) is 26.3 Å². The number of pyridine rings is 1. The van der Waals surface area contributed by atoms with Gasteiger partial charge in [-0.25, -0.2) is 14.2 Å². The van der Waals surface area contributed by atoms with E-state index in [9.17, 15) is 22.4 Å². The summed E-state index contributed by atoms with van der Waals surface area (Å²) in [6, 6.07) is 0.375. The zero-order valence-electron chi connectivity index (χ0n) is 14.6. The number of hydrogen-bond donors (Lipinski definition) is 0. The first kappa shape index (κ1) is 18.7. The van der Waals surface area contributed by atoms with Crippen molar-refractivity contribution in [1.29, 1.82) is 0 Å². The molecule has 1 aromatic heterocycles. The third-order valence-electron chi connectivity index (χ3n) is 4.57. The molecule has 3 rings (SSSR count). The van der Waals surface area contributed by atoms with Gasteiger partial charge in [0, 0.05) is 25.2 Å². The summed E-state index contributed by atoms with van der Waals surface area (Å²) < 4.78 is 61.8. The Hall–Kier alpha value is -2.06. The quantitative estimate of drug-likeness (QED) is 0.755. The van der Waals surface area contributed by atoms with Crippen LogP contribution in [-0.4, -0.2) is 41.3 Å². The monoisotopic (exact) mass is 376 g/mol. The molecule has 26 heavy (non-hydrogen) atoms. The molecule has 5 nitrogen and oxygen atoms in total. The van der Waals surface area contributed by atoms with Gasteiger partial charge in [-0.05, 0) is 38.7 Å². The molecule has 2 heterocycles. The van der Waals surface area contributed by atoms with Crippen molar-refractivity contribution in [2.24, 2.45) is 17.8 Å². The Balaban J connectivity index is 1.49. The van der Waals surface area contributed by atoms with Gasteiger partial charge in [-0.1, -0.05) is 0 Å². The van der Waals surface area contributed by atoms with E-state index in [1.165, 1.54) is 0 Å². The van der Waals surface area contributed by atoms with Gasteiger partial charge in [0.05, 0.1) is 12.2 Å². The Bertz CT molecular complexity index is 690. The topological polar surface area (TPSA) is 51.7 Å². The Morgan fingerprint density at radius 2 is 1.88 bits per heavy atom. The molecule has 1 aliphatic carbocycles. The molecule has 0 spiro atoms. The molecule has 0 aromatic carbocycles. The summed E-state index contributed by atoms with van der Waals surface area (Å²) in [5, 5.41) is 0. The van der Waals surface area contributed by atoms with Crippen LogP contribution in [0.2, 0.25) is 0 Å². The molecule has 0 unspecified atom stereocenters. The number of halogens is 4. The fourth-order valence-electron chi connectivity index (χ4n) is 3.23. The van der Waals surface area contributed by atoms with E-state index in [4.69, 9.17) is 9.47 Å². The van der Waals surface area contributed by atoms with Crippen molar-refractivity contribution >= 4 is 6.09 Å². The van der Waals surface area contributed by atoms with E-state index in [2.05, 4.69) is 4.98 Å². The normalized spacial score (nSPS) is 25.0. The van der Waals surface area contributed by atoms with Crippen molar-refractivity contribution in [3.63, 3.8) is 0 Å². The minimum absolute atomic E-state index is 0.136. The first-order valence-corrected chi connectivity index (χ1v) is 8.29. The predicted octanol–water partition coefficient (Wildman–Crippen LogP) is 3.73. The van der Waals surface area contributed by atoms with Gasteiger partial charge in [-0.3, -0.25) is 0 Å². The number of ether oxygens (including phenoxy) is 2. The highest BCUT2D eigenvalue weighted by Gasteiger charge is 2.57. The highest BCUT2D eigenvalue weighted by Crippen LogP contribution is 2.52. The van der Waals surface area contributed by atoms with E-state index in [0.29, 0.717) is 25.4 Å². The van der Waals surface area contributed by atoms with Crippen LogP contribution in [0.15, 0.2) is 12.3 Å². The molecule has 144 valence electrons. The molecule has 3 atom stereocenters. The number of hydrogen-bond acceptors (Lipinski definition) is 4. The van der Waals surface area contributed by atoms with E-state index in [1.54, 1.807) is 25.7 Å². The van der Waals surface area contributed by atoms with E-state index in [-0.39, 0.29) is 30.5 Å². The van der Waals surface area contributed by atoms with Crippen LogP contribution in [0, 0.1) is 23.6 Å². The lowest BCUT2D eigenvalue weighted by atomic mass is 10.2. The molecule has 0 N–H and O–H groups in total. The molecule has 1 aliphatic heterocycles. The summed E-state index contributed by atoms with van der Waals surface area (Å²) in [6.07, 6.45) is -4.46. The third-order valence-corrected chi connectivity index (χ3v) is 4.57. The number of fused-ring (bicyclic) bond motifs is 1. The average molecular weight is 376 g/mol. The zero-order valence-corrected chi connectivity index (χ0v) is 14.6. The summed E-state index contributed by atoms with van der Waals surface area (Å²) in [5.41, 5.74) is -1.71. The number of alkyl halides is 3. The van der Waals surface area contributed by atoms with Crippen LogP contribution in [0.3, 0.4) is 0 Å². The van der Waals surface area contributed by atoms with Crippen molar-refractivity contribution in [2.75, 3.05) is 19.7 Å². The highest BCUT2D eigenvalue weighted by molar-refractivity contribution is 5.69. The summed E-state index contributed by atoms with van der Waals surface area (Å²) in [7, 11) is 0. The lowest BCUT2D eigenvalue weighted by Gasteiger charge is -2.25. The first-order valence-electron chi connectivity index (χ1n) is 8.29. The molecule has 1 saturated heterocycles. The predicted molar refractivity (Wildman–Crippen MR) is 83.0 cm³/mol. The fraction of sp³-hybridized carbons (Fsp3) is 0.647. The number of likely N-dealkylation sites (tertiary alicyclic amines) is 1. The standard InChI is InChI=1S/C17H20F4N2O3/c1-16(2,3)26-15(24)23-6-10-11(7-23)12(10)8-25-14-13(18)4-9(5-22-14)17(19,20)21/h4-5,10-12H,6-8H2,1-3H3/t10-,11+,12-. The number of aromatic nitrogens is 1. The molecule has 2 fully saturated rings. The smallest absolute Gasteiger partial charge is 0.417 e. The second kappa shape index (κ2) is 6.28. The third kappa shape index (κ3) is 4.02. The summed E-state index contributed by atoms with van der Waals surface area (Å²) in [6.45, 7) is 6.62. The van der Waals surface area contributed by atoms with Crippen molar-refractivity contribution in [3.05, 3.63) is 23.6 Å². The van der Waals surface area contributed by atoms with Gasteiger partial charge >= 0.3 is 12.3 Å². The lowest BCUT2D eigenvalue weighted by molar-refractivity contribution is -0.138. The van der Waals surface area contributed by atoms with Gasteiger partial charge in [0.25, 0.3) is 0 Å². The van der Waals surface area contributed by atoms with Gasteiger partial charge in [0.1, 0.15) is 5.60 Å². The summed E-state index contributed by atoms with van der Waals surface area (Å²) >= 11 is 0. The number of amides is 1. The Morgan fingerprint density at radius 3 is 2.38 bits per heavy atom. The summed E-state index contributed by atoms with van der Waals surface area (Å²) in [5.74, 6) is -0.967. The molecule has 0 radical (unpaired) electrons.